The van der Waals surface area contributed by atoms with Crippen molar-refractivity contribution >= 4 is 5.69 Å². The van der Waals surface area contributed by atoms with Crippen LogP contribution in [-0.4, -0.2) is 15.0 Å². The molecule has 0 unspecified atom stereocenters. The molecule has 0 fully saturated rings. The molecule has 0 atom stereocenters. The second-order valence-corrected chi connectivity index (χ2v) is 3.78. The van der Waals surface area contributed by atoms with Gasteiger partial charge in [0.05, 0.1) is 24.0 Å². The Morgan fingerprint density at radius 1 is 1.22 bits per heavy atom. The van der Waals surface area contributed by atoms with E-state index in [0.717, 1.165) is 17.8 Å². The summed E-state index contributed by atoms with van der Waals surface area (Å²) in [6.45, 7) is 0.453. The summed E-state index contributed by atoms with van der Waals surface area (Å²) in [6, 6.07) is 4.88. The Bertz CT molecular complexity index is 516. The van der Waals surface area contributed by atoms with Gasteiger partial charge in [0, 0.05) is 12.7 Å². The predicted octanol–water partition coefficient (Wildman–Crippen LogP) is 2.45. The highest BCUT2D eigenvalue weighted by molar-refractivity contribution is 5.45. The molecule has 0 spiro atoms. The van der Waals surface area contributed by atoms with Crippen molar-refractivity contribution in [2.75, 3.05) is 5.32 Å². The highest BCUT2D eigenvalue weighted by atomic mass is 19.4. The number of anilines is 1. The summed E-state index contributed by atoms with van der Waals surface area (Å²) in [4.78, 5) is 0. The zero-order chi connectivity index (χ0) is 13.2. The molecule has 2 rings (SSSR count). The molecular weight excluding hydrogens is 245 g/mol. The Labute approximate surface area is 101 Å². The molecule has 0 aliphatic heterocycles. The van der Waals surface area contributed by atoms with Gasteiger partial charge in [0.2, 0.25) is 0 Å². The van der Waals surface area contributed by atoms with E-state index in [1.807, 2.05) is 0 Å². The van der Waals surface area contributed by atoms with Crippen LogP contribution >= 0.6 is 0 Å². The van der Waals surface area contributed by atoms with E-state index in [2.05, 4.69) is 15.6 Å². The Kier molecular flexibility index (Phi) is 3.22. The number of aryl methyl sites for hydroxylation is 1. The molecule has 1 aromatic carbocycles. The van der Waals surface area contributed by atoms with Crippen LogP contribution in [0.2, 0.25) is 0 Å². The van der Waals surface area contributed by atoms with Crippen LogP contribution in [0.4, 0.5) is 18.9 Å². The van der Waals surface area contributed by atoms with Crippen LogP contribution in [0.15, 0.2) is 30.5 Å². The van der Waals surface area contributed by atoms with Gasteiger partial charge in [-0.1, -0.05) is 5.21 Å². The molecule has 1 N–H and O–H groups in total. The minimum atomic E-state index is -4.30. The zero-order valence-electron chi connectivity index (χ0n) is 9.57. The molecule has 1 aromatic heterocycles. The highest BCUT2D eigenvalue weighted by Crippen LogP contribution is 2.29. The van der Waals surface area contributed by atoms with Crippen molar-refractivity contribution in [3.63, 3.8) is 0 Å². The van der Waals surface area contributed by atoms with Gasteiger partial charge in [-0.15, -0.1) is 5.10 Å². The lowest BCUT2D eigenvalue weighted by atomic mass is 10.2. The van der Waals surface area contributed by atoms with Crippen LogP contribution in [0, 0.1) is 0 Å². The first-order valence-electron chi connectivity index (χ1n) is 5.21. The van der Waals surface area contributed by atoms with Crippen molar-refractivity contribution in [2.45, 2.75) is 12.7 Å². The molecule has 4 nitrogen and oxygen atoms in total. The van der Waals surface area contributed by atoms with Gasteiger partial charge in [0.1, 0.15) is 0 Å². The first-order valence-corrected chi connectivity index (χ1v) is 5.21. The zero-order valence-corrected chi connectivity index (χ0v) is 9.57. The maximum atomic E-state index is 12.3. The summed E-state index contributed by atoms with van der Waals surface area (Å²) >= 11 is 0. The van der Waals surface area contributed by atoms with E-state index in [-0.39, 0.29) is 0 Å². The van der Waals surface area contributed by atoms with Crippen molar-refractivity contribution in [1.29, 1.82) is 0 Å². The maximum Gasteiger partial charge on any atom is 0.416 e. The number of aromatic nitrogens is 3. The topological polar surface area (TPSA) is 42.7 Å². The molecule has 96 valence electrons. The van der Waals surface area contributed by atoms with Crippen LogP contribution in [0.25, 0.3) is 0 Å². The fraction of sp³-hybridized carbons (Fsp3) is 0.273. The molecular formula is C11H11F3N4. The van der Waals surface area contributed by atoms with Gasteiger partial charge in [0.25, 0.3) is 0 Å². The smallest absolute Gasteiger partial charge is 0.379 e. The van der Waals surface area contributed by atoms with Crippen molar-refractivity contribution in [3.05, 3.63) is 41.7 Å². The summed E-state index contributed by atoms with van der Waals surface area (Å²) < 4.78 is 38.6. The largest absolute Gasteiger partial charge is 0.416 e. The standard InChI is InChI=1S/C11H11F3N4/c1-18-10(7-16-17-18)6-15-9-4-2-8(3-5-9)11(12,13)14/h2-5,7,15H,6H2,1H3. The van der Waals surface area contributed by atoms with E-state index in [4.69, 9.17) is 0 Å². The van der Waals surface area contributed by atoms with Crippen LogP contribution in [-0.2, 0) is 19.8 Å². The van der Waals surface area contributed by atoms with E-state index < -0.39 is 11.7 Å². The fourth-order valence-electron chi connectivity index (χ4n) is 1.44. The lowest BCUT2D eigenvalue weighted by molar-refractivity contribution is -0.137. The van der Waals surface area contributed by atoms with Crippen LogP contribution in [0.5, 0.6) is 0 Å². The van der Waals surface area contributed by atoms with Crippen molar-refractivity contribution < 1.29 is 13.2 Å². The normalized spacial score (nSPS) is 11.6. The van der Waals surface area contributed by atoms with Crippen molar-refractivity contribution in [1.82, 2.24) is 15.0 Å². The number of alkyl halides is 3. The third kappa shape index (κ3) is 2.79. The highest BCUT2D eigenvalue weighted by Gasteiger charge is 2.29. The Hall–Kier alpha value is -2.05. The lowest BCUT2D eigenvalue weighted by Crippen LogP contribution is -2.07. The number of benzene rings is 1. The number of hydrogen-bond acceptors (Lipinski definition) is 3. The van der Waals surface area contributed by atoms with E-state index in [1.165, 1.54) is 12.1 Å². The minimum absolute atomic E-state index is 0.453. The van der Waals surface area contributed by atoms with Gasteiger partial charge in [-0.3, -0.25) is 4.68 Å². The maximum absolute atomic E-state index is 12.3. The summed E-state index contributed by atoms with van der Waals surface area (Å²) in [6.07, 6.45) is -2.71. The van der Waals surface area contributed by atoms with E-state index in [1.54, 1.807) is 17.9 Å². The van der Waals surface area contributed by atoms with Gasteiger partial charge in [-0.2, -0.15) is 13.2 Å². The van der Waals surface area contributed by atoms with Crippen LogP contribution in [0.1, 0.15) is 11.3 Å². The first-order chi connectivity index (χ1) is 8.47. The first kappa shape index (κ1) is 12.4. The van der Waals surface area contributed by atoms with Gasteiger partial charge >= 0.3 is 6.18 Å². The number of nitrogens with zero attached hydrogens (tertiary/aromatic N) is 3. The van der Waals surface area contributed by atoms with Gasteiger partial charge < -0.3 is 5.32 Å². The van der Waals surface area contributed by atoms with Crippen LogP contribution < -0.4 is 5.32 Å². The molecule has 18 heavy (non-hydrogen) atoms. The molecule has 0 saturated carbocycles. The molecule has 0 amide bonds. The summed E-state index contributed by atoms with van der Waals surface area (Å²) in [7, 11) is 1.75. The number of halogens is 3. The van der Waals surface area contributed by atoms with Crippen molar-refractivity contribution in [2.24, 2.45) is 7.05 Å². The average molecular weight is 256 g/mol. The summed E-state index contributed by atoms with van der Waals surface area (Å²) in [5.74, 6) is 0. The van der Waals surface area contributed by atoms with Crippen LogP contribution in [0.3, 0.4) is 0 Å². The third-order valence-electron chi connectivity index (χ3n) is 2.49. The Balaban J connectivity index is 2.01. The SMILES string of the molecule is Cn1nncc1CNc1ccc(C(F)(F)F)cc1. The van der Waals surface area contributed by atoms with Crippen molar-refractivity contribution in [3.8, 4) is 0 Å². The molecule has 2 aromatic rings. The van der Waals surface area contributed by atoms with Gasteiger partial charge in [-0.05, 0) is 24.3 Å². The molecule has 0 radical (unpaired) electrons. The molecule has 0 aliphatic rings. The number of hydrogen-bond donors (Lipinski definition) is 1. The monoisotopic (exact) mass is 256 g/mol. The summed E-state index contributed by atoms with van der Waals surface area (Å²) in [5.41, 5.74) is 0.800. The third-order valence-corrected chi connectivity index (χ3v) is 2.49. The number of rotatable bonds is 3. The number of nitrogens with one attached hydrogen (secondary N) is 1. The molecule has 7 heteroatoms. The van der Waals surface area contributed by atoms with E-state index >= 15 is 0 Å². The second kappa shape index (κ2) is 4.67. The summed E-state index contributed by atoms with van der Waals surface area (Å²) in [5, 5.41) is 10.5. The quantitative estimate of drug-likeness (QED) is 0.917. The average Bonchev–Trinajstić information content (AvgIpc) is 2.72. The fourth-order valence-corrected chi connectivity index (χ4v) is 1.44. The van der Waals surface area contributed by atoms with E-state index in [9.17, 15) is 13.2 Å². The Morgan fingerprint density at radius 2 is 1.89 bits per heavy atom. The van der Waals surface area contributed by atoms with Gasteiger partial charge in [0.15, 0.2) is 0 Å². The second-order valence-electron chi connectivity index (χ2n) is 3.78. The lowest BCUT2D eigenvalue weighted by Gasteiger charge is -2.09. The minimum Gasteiger partial charge on any atom is -0.379 e. The van der Waals surface area contributed by atoms with E-state index in [0.29, 0.717) is 12.2 Å². The predicted molar refractivity (Wildman–Crippen MR) is 59.8 cm³/mol. The molecule has 0 aliphatic carbocycles. The molecule has 1 heterocycles. The molecule has 0 saturated heterocycles. The Morgan fingerprint density at radius 3 is 2.39 bits per heavy atom. The molecule has 0 bridgehead atoms. The van der Waals surface area contributed by atoms with Gasteiger partial charge in [-0.25, -0.2) is 0 Å².